The molecule has 0 fully saturated rings. The van der Waals surface area contributed by atoms with Crippen LogP contribution >= 0.6 is 0 Å². The van der Waals surface area contributed by atoms with Crippen molar-refractivity contribution in [2.45, 2.75) is 31.6 Å². The van der Waals surface area contributed by atoms with Crippen LogP contribution in [-0.4, -0.2) is 36.8 Å². The zero-order chi connectivity index (χ0) is 19.6. The van der Waals surface area contributed by atoms with Crippen molar-refractivity contribution in [2.75, 3.05) is 12.3 Å². The van der Waals surface area contributed by atoms with E-state index in [2.05, 4.69) is 15.5 Å². The van der Waals surface area contributed by atoms with Gasteiger partial charge in [0.05, 0.1) is 27.3 Å². The molecule has 7 nitrogen and oxygen atoms in total. The lowest BCUT2D eigenvalue weighted by Crippen LogP contribution is -2.29. The Morgan fingerprint density at radius 2 is 1.93 bits per heavy atom. The van der Waals surface area contributed by atoms with E-state index in [0.29, 0.717) is 28.1 Å². The fourth-order valence-corrected chi connectivity index (χ4v) is 3.91. The predicted molar refractivity (Wildman–Crippen MR) is 101 cm³/mol. The van der Waals surface area contributed by atoms with Gasteiger partial charge in [-0.3, -0.25) is 4.79 Å². The molecule has 0 aliphatic heterocycles. The van der Waals surface area contributed by atoms with Crippen LogP contribution in [0.15, 0.2) is 45.8 Å². The molecular weight excluding hydrogens is 366 g/mol. The molecule has 142 valence electrons. The van der Waals surface area contributed by atoms with Gasteiger partial charge in [0.15, 0.2) is 9.84 Å². The number of hydrogen-bond acceptors (Lipinski definition) is 6. The minimum Gasteiger partial charge on any atom is -0.351 e. The molecule has 0 atom stereocenters. The average Bonchev–Trinajstić information content (AvgIpc) is 3.02. The molecule has 0 aliphatic rings. The Balaban J connectivity index is 1.79. The first kappa shape index (κ1) is 19.0. The number of carbonyl (C=O) groups excluding carboxylic acids is 1. The van der Waals surface area contributed by atoms with Crippen LogP contribution in [0.1, 0.15) is 41.5 Å². The number of pyridine rings is 1. The summed E-state index contributed by atoms with van der Waals surface area (Å²) in [6.45, 7) is 5.66. The third-order valence-corrected chi connectivity index (χ3v) is 5.96. The van der Waals surface area contributed by atoms with Crippen LogP contribution in [0, 0.1) is 6.92 Å². The van der Waals surface area contributed by atoms with E-state index < -0.39 is 9.84 Å². The van der Waals surface area contributed by atoms with Gasteiger partial charge in [-0.25, -0.2) is 13.4 Å². The fraction of sp³-hybridized carbons (Fsp3) is 0.316. The van der Waals surface area contributed by atoms with Gasteiger partial charge in [-0.1, -0.05) is 37.2 Å². The third kappa shape index (κ3) is 4.00. The second-order valence-corrected chi connectivity index (χ2v) is 8.69. The Hall–Kier alpha value is -2.74. The number of aromatic nitrogens is 2. The van der Waals surface area contributed by atoms with Crippen LogP contribution in [-0.2, 0) is 9.84 Å². The highest BCUT2D eigenvalue weighted by Gasteiger charge is 2.20. The average molecular weight is 387 g/mol. The van der Waals surface area contributed by atoms with Crippen LogP contribution in [0.4, 0.5) is 0 Å². The van der Waals surface area contributed by atoms with Gasteiger partial charge in [0.2, 0.25) is 0 Å². The van der Waals surface area contributed by atoms with E-state index in [1.54, 1.807) is 43.3 Å². The van der Waals surface area contributed by atoms with E-state index in [-0.39, 0.29) is 29.0 Å². The molecule has 1 N–H and O–H groups in total. The van der Waals surface area contributed by atoms with Crippen molar-refractivity contribution in [1.82, 2.24) is 15.5 Å². The van der Waals surface area contributed by atoms with Gasteiger partial charge in [-0.2, -0.15) is 0 Å². The van der Waals surface area contributed by atoms with E-state index in [1.165, 1.54) is 0 Å². The van der Waals surface area contributed by atoms with Gasteiger partial charge in [0.25, 0.3) is 11.6 Å². The summed E-state index contributed by atoms with van der Waals surface area (Å²) in [7, 11) is -3.46. The lowest BCUT2D eigenvalue weighted by Gasteiger charge is -2.10. The zero-order valence-corrected chi connectivity index (χ0v) is 16.2. The Morgan fingerprint density at radius 1 is 1.22 bits per heavy atom. The maximum atomic E-state index is 12.7. The molecule has 0 radical (unpaired) electrons. The number of nitrogens with one attached hydrogen (secondary N) is 1. The highest BCUT2D eigenvalue weighted by atomic mass is 32.2. The third-order valence-electron chi connectivity index (χ3n) is 4.23. The van der Waals surface area contributed by atoms with Crippen LogP contribution < -0.4 is 5.32 Å². The topological polar surface area (TPSA) is 102 Å². The van der Waals surface area contributed by atoms with Crippen molar-refractivity contribution in [3.05, 3.63) is 53.3 Å². The maximum Gasteiger partial charge on any atom is 0.259 e. The van der Waals surface area contributed by atoms with E-state index in [1.807, 2.05) is 13.8 Å². The molecule has 27 heavy (non-hydrogen) atoms. The van der Waals surface area contributed by atoms with Crippen molar-refractivity contribution in [3.8, 4) is 0 Å². The van der Waals surface area contributed by atoms with E-state index >= 15 is 0 Å². The number of sulfone groups is 1. The number of hydrogen-bond donors (Lipinski definition) is 1. The first-order valence-electron chi connectivity index (χ1n) is 8.62. The molecule has 0 bridgehead atoms. The molecule has 3 aromatic rings. The van der Waals surface area contributed by atoms with E-state index in [0.717, 1.165) is 0 Å². The van der Waals surface area contributed by atoms with Gasteiger partial charge >= 0.3 is 0 Å². The quantitative estimate of drug-likeness (QED) is 0.698. The number of rotatable bonds is 6. The van der Waals surface area contributed by atoms with Crippen molar-refractivity contribution in [3.63, 3.8) is 0 Å². The molecule has 2 aromatic heterocycles. The number of carbonyl (C=O) groups is 1. The van der Waals surface area contributed by atoms with Crippen molar-refractivity contribution in [2.24, 2.45) is 0 Å². The van der Waals surface area contributed by atoms with Crippen molar-refractivity contribution >= 4 is 26.8 Å². The lowest BCUT2D eigenvalue weighted by molar-refractivity contribution is 0.0957. The Morgan fingerprint density at radius 3 is 2.59 bits per heavy atom. The first-order valence-corrected chi connectivity index (χ1v) is 10.3. The molecule has 2 heterocycles. The summed E-state index contributed by atoms with van der Waals surface area (Å²) in [5.74, 6) is -0.458. The van der Waals surface area contributed by atoms with Crippen LogP contribution in [0.5, 0.6) is 0 Å². The summed E-state index contributed by atoms with van der Waals surface area (Å²) in [4.78, 5) is 17.3. The molecule has 0 unspecified atom stereocenters. The zero-order valence-electron chi connectivity index (χ0n) is 15.4. The smallest absolute Gasteiger partial charge is 0.259 e. The second-order valence-electron chi connectivity index (χ2n) is 6.59. The number of fused-ring (bicyclic) bond motifs is 1. The summed E-state index contributed by atoms with van der Waals surface area (Å²) >= 11 is 0. The minimum absolute atomic E-state index is 0.00121. The standard InChI is InChI=1S/C19H21N3O4S/c1-12(2)16-11-15(17-13(3)22-26-19(17)21-16)18(23)20-9-10-27(24,25)14-7-5-4-6-8-14/h4-8,11-12H,9-10H2,1-3H3,(H,20,23). The minimum atomic E-state index is -3.46. The summed E-state index contributed by atoms with van der Waals surface area (Å²) in [6, 6.07) is 9.88. The van der Waals surface area contributed by atoms with Gasteiger partial charge in [0.1, 0.15) is 0 Å². The van der Waals surface area contributed by atoms with E-state index in [4.69, 9.17) is 4.52 Å². The number of nitrogens with zero attached hydrogens (tertiary/aromatic N) is 2. The highest BCUT2D eigenvalue weighted by molar-refractivity contribution is 7.91. The van der Waals surface area contributed by atoms with Crippen molar-refractivity contribution in [1.29, 1.82) is 0 Å². The normalized spacial score (nSPS) is 11.9. The lowest BCUT2D eigenvalue weighted by atomic mass is 10.0. The van der Waals surface area contributed by atoms with Crippen molar-refractivity contribution < 1.29 is 17.7 Å². The Kier molecular flexibility index (Phi) is 5.27. The monoisotopic (exact) mass is 387 g/mol. The molecule has 0 spiro atoms. The Labute approximate surface area is 157 Å². The molecule has 0 saturated carbocycles. The highest BCUT2D eigenvalue weighted by Crippen LogP contribution is 2.25. The summed E-state index contributed by atoms with van der Waals surface area (Å²) < 4.78 is 29.9. The second kappa shape index (κ2) is 7.48. The van der Waals surface area contributed by atoms with Gasteiger partial charge in [0, 0.05) is 12.2 Å². The molecule has 8 heteroatoms. The summed E-state index contributed by atoms with van der Waals surface area (Å²) in [6.07, 6.45) is 0. The first-order chi connectivity index (χ1) is 12.8. The summed E-state index contributed by atoms with van der Waals surface area (Å²) in [5.41, 5.74) is 1.97. The van der Waals surface area contributed by atoms with Gasteiger partial charge in [-0.05, 0) is 31.0 Å². The summed E-state index contributed by atoms with van der Waals surface area (Å²) in [5, 5.41) is 7.11. The number of benzene rings is 1. The predicted octanol–water partition coefficient (Wildman–Crippen LogP) is 2.86. The molecule has 1 amide bonds. The molecule has 0 aliphatic carbocycles. The van der Waals surface area contributed by atoms with Crippen LogP contribution in [0.25, 0.3) is 11.1 Å². The molecular formula is C19H21N3O4S. The van der Waals surface area contributed by atoms with Crippen LogP contribution in [0.3, 0.4) is 0 Å². The van der Waals surface area contributed by atoms with Gasteiger partial charge in [-0.15, -0.1) is 0 Å². The fourth-order valence-electron chi connectivity index (χ4n) is 2.73. The number of aryl methyl sites for hydroxylation is 1. The maximum absolute atomic E-state index is 12.7. The van der Waals surface area contributed by atoms with Gasteiger partial charge < -0.3 is 9.84 Å². The SMILES string of the molecule is Cc1noc2nc(C(C)C)cc(C(=O)NCCS(=O)(=O)c3ccccc3)c12. The largest absolute Gasteiger partial charge is 0.351 e. The number of amides is 1. The Bertz CT molecular complexity index is 1070. The molecule has 1 aromatic carbocycles. The molecule has 0 saturated heterocycles. The molecule has 3 rings (SSSR count). The van der Waals surface area contributed by atoms with Crippen LogP contribution in [0.2, 0.25) is 0 Å². The van der Waals surface area contributed by atoms with E-state index in [9.17, 15) is 13.2 Å².